The minimum Gasteiger partial charge on any atom is -0.497 e. The van der Waals surface area contributed by atoms with Gasteiger partial charge in [-0.05, 0) is 36.8 Å². The third-order valence-corrected chi connectivity index (χ3v) is 5.87. The predicted molar refractivity (Wildman–Crippen MR) is 116 cm³/mol. The third kappa shape index (κ3) is 5.35. The number of methoxy groups -OCH3 is 3. The number of carbonyl (C=O) groups excluding carboxylic acids is 1. The summed E-state index contributed by atoms with van der Waals surface area (Å²) < 4.78 is 42.0. The number of hydrogen-bond acceptors (Lipinski definition) is 6. The molecule has 0 aromatic heterocycles. The van der Waals surface area contributed by atoms with Crippen molar-refractivity contribution in [2.75, 3.05) is 38.9 Å². The second kappa shape index (κ2) is 9.71. The van der Waals surface area contributed by atoms with E-state index in [2.05, 4.69) is 0 Å². The van der Waals surface area contributed by atoms with E-state index in [0.29, 0.717) is 18.0 Å². The first-order chi connectivity index (χ1) is 14.1. The maximum Gasteiger partial charge on any atom is 0.246 e. The summed E-state index contributed by atoms with van der Waals surface area (Å²) in [7, 11) is 2.33. The Labute approximate surface area is 178 Å². The highest BCUT2D eigenvalue weighted by molar-refractivity contribution is 7.92. The van der Waals surface area contributed by atoms with Crippen molar-refractivity contribution >= 4 is 21.6 Å². The van der Waals surface area contributed by atoms with Crippen LogP contribution in [0.3, 0.4) is 0 Å². The molecule has 0 saturated carbocycles. The van der Waals surface area contributed by atoms with Crippen LogP contribution in [0.5, 0.6) is 17.2 Å². The fourth-order valence-electron chi connectivity index (χ4n) is 3.15. The lowest BCUT2D eigenvalue weighted by Gasteiger charge is -2.32. The van der Waals surface area contributed by atoms with Crippen LogP contribution in [0.15, 0.2) is 42.5 Å². The highest BCUT2D eigenvalue weighted by Gasteiger charge is 2.33. The molecule has 1 atom stereocenters. The van der Waals surface area contributed by atoms with Crippen LogP contribution in [0.4, 0.5) is 5.69 Å². The van der Waals surface area contributed by atoms with Crippen LogP contribution in [-0.4, -0.2) is 59.9 Å². The van der Waals surface area contributed by atoms with Crippen molar-refractivity contribution in [1.29, 1.82) is 0 Å². The first kappa shape index (κ1) is 23.3. The Kier molecular flexibility index (Phi) is 7.55. The lowest BCUT2D eigenvalue weighted by Crippen LogP contribution is -2.48. The van der Waals surface area contributed by atoms with Gasteiger partial charge in [-0.1, -0.05) is 12.1 Å². The van der Waals surface area contributed by atoms with Crippen molar-refractivity contribution < 1.29 is 27.4 Å². The minimum atomic E-state index is -3.80. The Bertz CT molecular complexity index is 975. The summed E-state index contributed by atoms with van der Waals surface area (Å²) in [5.74, 6) is 1.12. The average molecular weight is 437 g/mol. The summed E-state index contributed by atoms with van der Waals surface area (Å²) in [5, 5.41) is 0. The quantitative estimate of drug-likeness (QED) is 0.601. The number of carbonyl (C=O) groups is 1. The van der Waals surface area contributed by atoms with Gasteiger partial charge < -0.3 is 19.1 Å². The van der Waals surface area contributed by atoms with Gasteiger partial charge >= 0.3 is 0 Å². The van der Waals surface area contributed by atoms with E-state index in [9.17, 15) is 13.2 Å². The van der Waals surface area contributed by atoms with E-state index in [4.69, 9.17) is 14.2 Å². The van der Waals surface area contributed by atoms with Crippen LogP contribution < -0.4 is 18.5 Å². The molecule has 0 spiro atoms. The topological polar surface area (TPSA) is 85.4 Å². The molecule has 0 N–H and O–H groups in total. The van der Waals surface area contributed by atoms with Crippen molar-refractivity contribution in [1.82, 2.24) is 4.90 Å². The van der Waals surface area contributed by atoms with Crippen molar-refractivity contribution in [2.45, 2.75) is 19.5 Å². The summed E-state index contributed by atoms with van der Waals surface area (Å²) in [4.78, 5) is 14.6. The van der Waals surface area contributed by atoms with Crippen LogP contribution in [0.2, 0.25) is 0 Å². The largest absolute Gasteiger partial charge is 0.497 e. The molecule has 164 valence electrons. The molecule has 30 heavy (non-hydrogen) atoms. The number of amides is 1. The number of anilines is 1. The van der Waals surface area contributed by atoms with Crippen molar-refractivity contribution in [3.05, 3.63) is 48.0 Å². The van der Waals surface area contributed by atoms with Gasteiger partial charge in [-0.25, -0.2) is 8.42 Å². The zero-order valence-corrected chi connectivity index (χ0v) is 18.9. The Morgan fingerprint density at radius 3 is 2.03 bits per heavy atom. The first-order valence-electron chi connectivity index (χ1n) is 9.21. The number of ether oxygens (including phenoxy) is 3. The van der Waals surface area contributed by atoms with Crippen molar-refractivity contribution in [2.24, 2.45) is 0 Å². The zero-order chi connectivity index (χ0) is 22.5. The maximum atomic E-state index is 13.1. The molecule has 0 aliphatic rings. The molecule has 0 heterocycles. The van der Waals surface area contributed by atoms with E-state index in [1.165, 1.54) is 25.2 Å². The van der Waals surface area contributed by atoms with Gasteiger partial charge in [-0.2, -0.15) is 0 Å². The lowest BCUT2D eigenvalue weighted by atomic mass is 10.2. The summed E-state index contributed by atoms with van der Waals surface area (Å²) in [6.45, 7) is 1.87. The Morgan fingerprint density at radius 2 is 1.53 bits per heavy atom. The number of benzene rings is 2. The molecule has 0 aliphatic heterocycles. The molecule has 8 nitrogen and oxygen atoms in total. The zero-order valence-electron chi connectivity index (χ0n) is 18.1. The molecule has 0 radical (unpaired) electrons. The van der Waals surface area contributed by atoms with Gasteiger partial charge in [0.2, 0.25) is 15.9 Å². The minimum absolute atomic E-state index is 0.234. The van der Waals surface area contributed by atoms with Crippen molar-refractivity contribution in [3.8, 4) is 17.2 Å². The molecule has 2 aromatic carbocycles. The van der Waals surface area contributed by atoms with E-state index >= 15 is 0 Å². The lowest BCUT2D eigenvalue weighted by molar-refractivity contribution is -0.131. The van der Waals surface area contributed by atoms with Gasteiger partial charge in [0.25, 0.3) is 0 Å². The van der Waals surface area contributed by atoms with Gasteiger partial charge in [0.1, 0.15) is 23.3 Å². The van der Waals surface area contributed by atoms with Crippen LogP contribution in [0.1, 0.15) is 12.5 Å². The SMILES string of the molecule is COc1ccc(CN(C)C(=O)C(C)N(c2cc(OC)ccc2OC)S(C)(=O)=O)cc1. The van der Waals surface area contributed by atoms with Crippen molar-refractivity contribution in [3.63, 3.8) is 0 Å². The summed E-state index contributed by atoms with van der Waals surface area (Å²) >= 11 is 0. The fourth-order valence-corrected chi connectivity index (χ4v) is 4.31. The maximum absolute atomic E-state index is 13.1. The van der Waals surface area contributed by atoms with Gasteiger partial charge in [-0.3, -0.25) is 9.10 Å². The molecular formula is C21H28N2O6S. The Balaban J connectivity index is 2.34. The standard InChI is InChI=1S/C21H28N2O6S/c1-15(21(24)22(2)14-16-7-9-17(27-3)10-8-16)23(30(6,25)26)19-13-18(28-4)11-12-20(19)29-5/h7-13,15H,14H2,1-6H3. The summed E-state index contributed by atoms with van der Waals surface area (Å²) in [5.41, 5.74) is 1.13. The molecule has 0 aliphatic carbocycles. The average Bonchev–Trinajstić information content (AvgIpc) is 2.72. The van der Waals surface area contributed by atoms with Crippen LogP contribution in [-0.2, 0) is 21.4 Å². The number of likely N-dealkylation sites (N-methyl/N-ethyl adjacent to an activating group) is 1. The van der Waals surface area contributed by atoms with E-state index in [1.807, 2.05) is 12.1 Å². The van der Waals surface area contributed by atoms with E-state index < -0.39 is 16.1 Å². The Hall–Kier alpha value is -2.94. The van der Waals surface area contributed by atoms with E-state index in [1.54, 1.807) is 45.3 Å². The third-order valence-electron chi connectivity index (χ3n) is 4.64. The predicted octanol–water partition coefficient (Wildman–Crippen LogP) is 2.53. The first-order valence-corrected chi connectivity index (χ1v) is 11.1. The molecule has 1 unspecified atom stereocenters. The van der Waals surface area contributed by atoms with Crippen LogP contribution >= 0.6 is 0 Å². The molecule has 1 amide bonds. The smallest absolute Gasteiger partial charge is 0.246 e. The number of hydrogen-bond donors (Lipinski definition) is 0. The van der Waals surface area contributed by atoms with Gasteiger partial charge in [0.15, 0.2) is 0 Å². The van der Waals surface area contributed by atoms with Gasteiger partial charge in [-0.15, -0.1) is 0 Å². The van der Waals surface area contributed by atoms with Gasteiger partial charge in [0.05, 0.1) is 33.3 Å². The molecule has 9 heteroatoms. The van der Waals surface area contributed by atoms with Crippen LogP contribution in [0.25, 0.3) is 0 Å². The summed E-state index contributed by atoms with van der Waals surface area (Å²) in [6.07, 6.45) is 1.05. The fraction of sp³-hybridized carbons (Fsp3) is 0.381. The highest BCUT2D eigenvalue weighted by atomic mass is 32.2. The number of rotatable bonds is 9. The number of sulfonamides is 1. The van der Waals surface area contributed by atoms with Crippen LogP contribution in [0, 0.1) is 0 Å². The van der Waals surface area contributed by atoms with Gasteiger partial charge in [0, 0.05) is 19.7 Å². The molecule has 0 bridgehead atoms. The van der Waals surface area contributed by atoms with E-state index in [-0.39, 0.29) is 11.6 Å². The second-order valence-corrected chi connectivity index (χ2v) is 8.67. The number of nitrogens with zero attached hydrogens (tertiary/aromatic N) is 2. The molecular weight excluding hydrogens is 408 g/mol. The summed E-state index contributed by atoms with van der Waals surface area (Å²) in [6, 6.07) is 11.1. The normalized spacial score (nSPS) is 12.1. The Morgan fingerprint density at radius 1 is 0.967 bits per heavy atom. The molecule has 2 rings (SSSR count). The van der Waals surface area contributed by atoms with E-state index in [0.717, 1.165) is 21.9 Å². The highest BCUT2D eigenvalue weighted by Crippen LogP contribution is 2.35. The molecule has 0 saturated heterocycles. The monoisotopic (exact) mass is 436 g/mol. The molecule has 2 aromatic rings. The molecule has 0 fully saturated rings. The second-order valence-electron chi connectivity index (χ2n) is 6.81.